The van der Waals surface area contributed by atoms with Gasteiger partial charge < -0.3 is 14.3 Å². The van der Waals surface area contributed by atoms with E-state index in [1.165, 1.54) is 12.1 Å². The van der Waals surface area contributed by atoms with Crippen molar-refractivity contribution in [3.05, 3.63) is 55.1 Å². The minimum atomic E-state index is 0.759. The number of aryl methyl sites for hydroxylation is 1. The van der Waals surface area contributed by atoms with Crippen LogP contribution in [-0.2, 0) is 13.1 Å². The number of nitrogens with one attached hydrogen (secondary N) is 1. The zero-order valence-electron chi connectivity index (χ0n) is 11.3. The summed E-state index contributed by atoms with van der Waals surface area (Å²) in [4.78, 5) is 8.07. The minimum absolute atomic E-state index is 0.759. The molecule has 3 rings (SSSR count). The molecule has 1 N–H and O–H groups in total. The molecule has 20 heavy (non-hydrogen) atoms. The van der Waals surface area contributed by atoms with E-state index in [4.69, 9.17) is 4.42 Å². The molecule has 5 heteroatoms. The molecule has 0 saturated carbocycles. The van der Waals surface area contributed by atoms with E-state index in [1.54, 1.807) is 6.20 Å². The SMILES string of the molecule is CCn1cncc1CNc1ccc(-c2cnco2)cc1. The van der Waals surface area contributed by atoms with E-state index in [-0.39, 0.29) is 0 Å². The van der Waals surface area contributed by atoms with E-state index in [0.717, 1.165) is 30.1 Å². The summed E-state index contributed by atoms with van der Waals surface area (Å²) in [7, 11) is 0. The Balaban J connectivity index is 1.67. The zero-order valence-corrected chi connectivity index (χ0v) is 11.3. The van der Waals surface area contributed by atoms with Crippen LogP contribution in [0.5, 0.6) is 0 Å². The number of anilines is 1. The number of rotatable bonds is 5. The predicted octanol–water partition coefficient (Wildman–Crippen LogP) is 3.17. The Morgan fingerprint density at radius 2 is 2.00 bits per heavy atom. The van der Waals surface area contributed by atoms with E-state index in [1.807, 2.05) is 36.8 Å². The first-order valence-corrected chi connectivity index (χ1v) is 6.58. The van der Waals surface area contributed by atoms with Crippen molar-refractivity contribution in [3.8, 4) is 11.3 Å². The van der Waals surface area contributed by atoms with Gasteiger partial charge in [-0.15, -0.1) is 0 Å². The lowest BCUT2D eigenvalue weighted by atomic mass is 10.1. The summed E-state index contributed by atoms with van der Waals surface area (Å²) in [5.74, 6) is 0.778. The van der Waals surface area contributed by atoms with Crippen molar-refractivity contribution in [3.63, 3.8) is 0 Å². The van der Waals surface area contributed by atoms with Gasteiger partial charge in [-0.05, 0) is 31.2 Å². The van der Waals surface area contributed by atoms with Gasteiger partial charge in [0.05, 0.1) is 24.8 Å². The summed E-state index contributed by atoms with van der Waals surface area (Å²) < 4.78 is 7.39. The molecule has 0 atom stereocenters. The highest BCUT2D eigenvalue weighted by molar-refractivity contribution is 5.60. The molecular formula is C15H16N4O. The maximum absolute atomic E-state index is 5.27. The van der Waals surface area contributed by atoms with Gasteiger partial charge in [-0.2, -0.15) is 0 Å². The van der Waals surface area contributed by atoms with Gasteiger partial charge >= 0.3 is 0 Å². The molecule has 0 aliphatic carbocycles. The number of nitrogens with zero attached hydrogens (tertiary/aromatic N) is 3. The molecule has 0 amide bonds. The summed E-state index contributed by atoms with van der Waals surface area (Å²) in [5.41, 5.74) is 3.26. The Labute approximate surface area is 117 Å². The summed E-state index contributed by atoms with van der Waals surface area (Å²) in [6.45, 7) is 3.80. The number of hydrogen-bond donors (Lipinski definition) is 1. The van der Waals surface area contributed by atoms with Crippen LogP contribution in [-0.4, -0.2) is 14.5 Å². The number of benzene rings is 1. The molecule has 3 aromatic rings. The predicted molar refractivity (Wildman–Crippen MR) is 77.2 cm³/mol. The lowest BCUT2D eigenvalue weighted by Crippen LogP contribution is -2.05. The molecule has 0 bridgehead atoms. The molecule has 2 heterocycles. The molecule has 0 saturated heterocycles. The van der Waals surface area contributed by atoms with Crippen LogP contribution >= 0.6 is 0 Å². The van der Waals surface area contributed by atoms with Crippen molar-refractivity contribution in [2.75, 3.05) is 5.32 Å². The fraction of sp³-hybridized carbons (Fsp3) is 0.200. The summed E-state index contributed by atoms with van der Waals surface area (Å²) >= 11 is 0. The Morgan fingerprint density at radius 3 is 2.70 bits per heavy atom. The van der Waals surface area contributed by atoms with Crippen LogP contribution < -0.4 is 5.32 Å². The van der Waals surface area contributed by atoms with Crippen molar-refractivity contribution in [2.45, 2.75) is 20.0 Å². The smallest absolute Gasteiger partial charge is 0.181 e. The largest absolute Gasteiger partial charge is 0.444 e. The van der Waals surface area contributed by atoms with E-state index in [9.17, 15) is 0 Å². The average molecular weight is 268 g/mol. The molecule has 0 spiro atoms. The third-order valence-electron chi connectivity index (χ3n) is 3.21. The topological polar surface area (TPSA) is 55.9 Å². The molecule has 0 unspecified atom stereocenters. The zero-order chi connectivity index (χ0) is 13.8. The van der Waals surface area contributed by atoms with Crippen LogP contribution in [0.2, 0.25) is 0 Å². The van der Waals surface area contributed by atoms with E-state index in [2.05, 4.69) is 26.8 Å². The highest BCUT2D eigenvalue weighted by Gasteiger charge is 2.02. The van der Waals surface area contributed by atoms with Crippen molar-refractivity contribution < 1.29 is 4.42 Å². The van der Waals surface area contributed by atoms with E-state index < -0.39 is 0 Å². The Hall–Kier alpha value is -2.56. The van der Waals surface area contributed by atoms with Crippen LogP contribution in [0.3, 0.4) is 0 Å². The van der Waals surface area contributed by atoms with E-state index >= 15 is 0 Å². The van der Waals surface area contributed by atoms with Gasteiger partial charge in [-0.1, -0.05) is 0 Å². The molecule has 1 aromatic carbocycles. The maximum Gasteiger partial charge on any atom is 0.181 e. The van der Waals surface area contributed by atoms with Crippen molar-refractivity contribution >= 4 is 5.69 Å². The van der Waals surface area contributed by atoms with Crippen LogP contribution in [0.1, 0.15) is 12.6 Å². The average Bonchev–Trinajstić information content (AvgIpc) is 3.16. The normalized spacial score (nSPS) is 10.7. The maximum atomic E-state index is 5.27. The van der Waals surface area contributed by atoms with Gasteiger partial charge in [0, 0.05) is 24.0 Å². The van der Waals surface area contributed by atoms with Gasteiger partial charge in [0.15, 0.2) is 12.2 Å². The van der Waals surface area contributed by atoms with Gasteiger partial charge in [-0.25, -0.2) is 9.97 Å². The fourth-order valence-electron chi connectivity index (χ4n) is 2.08. The first-order valence-electron chi connectivity index (χ1n) is 6.58. The Bertz CT molecular complexity index is 656. The van der Waals surface area contributed by atoms with Crippen molar-refractivity contribution in [1.29, 1.82) is 0 Å². The highest BCUT2D eigenvalue weighted by Crippen LogP contribution is 2.20. The third-order valence-corrected chi connectivity index (χ3v) is 3.21. The molecule has 0 radical (unpaired) electrons. The fourth-order valence-corrected chi connectivity index (χ4v) is 2.08. The first-order chi connectivity index (χ1) is 9.86. The summed E-state index contributed by atoms with van der Waals surface area (Å²) in [6.07, 6.45) is 6.89. The van der Waals surface area contributed by atoms with Gasteiger partial charge in [0.1, 0.15) is 0 Å². The number of aromatic nitrogens is 3. The third kappa shape index (κ3) is 2.56. The second kappa shape index (κ2) is 5.61. The van der Waals surface area contributed by atoms with Crippen LogP contribution in [0, 0.1) is 0 Å². The lowest BCUT2D eigenvalue weighted by molar-refractivity contribution is 0.572. The Kier molecular flexibility index (Phi) is 3.50. The molecule has 2 aromatic heterocycles. The van der Waals surface area contributed by atoms with E-state index in [0.29, 0.717) is 0 Å². The summed E-state index contributed by atoms with van der Waals surface area (Å²) in [6, 6.07) is 8.09. The van der Waals surface area contributed by atoms with Crippen molar-refractivity contribution in [1.82, 2.24) is 14.5 Å². The van der Waals surface area contributed by atoms with Crippen molar-refractivity contribution in [2.24, 2.45) is 0 Å². The summed E-state index contributed by atoms with van der Waals surface area (Å²) in [5, 5.41) is 3.39. The van der Waals surface area contributed by atoms with Gasteiger partial charge in [0.2, 0.25) is 0 Å². The quantitative estimate of drug-likeness (QED) is 0.772. The first kappa shape index (κ1) is 12.5. The van der Waals surface area contributed by atoms with Gasteiger partial charge in [-0.3, -0.25) is 0 Å². The monoisotopic (exact) mass is 268 g/mol. The molecule has 5 nitrogen and oxygen atoms in total. The van der Waals surface area contributed by atoms with Gasteiger partial charge in [0.25, 0.3) is 0 Å². The second-order valence-electron chi connectivity index (χ2n) is 4.47. The Morgan fingerprint density at radius 1 is 1.15 bits per heavy atom. The molecule has 0 aliphatic rings. The number of hydrogen-bond acceptors (Lipinski definition) is 4. The standard InChI is InChI=1S/C15H16N4O/c1-2-19-10-16-7-14(19)8-18-13-5-3-12(4-6-13)15-9-17-11-20-15/h3-7,9-11,18H,2,8H2,1H3. The number of imidazole rings is 1. The molecule has 102 valence electrons. The molecule has 0 fully saturated rings. The minimum Gasteiger partial charge on any atom is -0.444 e. The second-order valence-corrected chi connectivity index (χ2v) is 4.47. The van der Waals surface area contributed by atoms with Crippen LogP contribution in [0.4, 0.5) is 5.69 Å². The van der Waals surface area contributed by atoms with Crippen LogP contribution in [0.15, 0.2) is 53.8 Å². The highest BCUT2D eigenvalue weighted by atomic mass is 16.3. The van der Waals surface area contributed by atoms with Crippen LogP contribution in [0.25, 0.3) is 11.3 Å². The lowest BCUT2D eigenvalue weighted by Gasteiger charge is -2.08. The molecular weight excluding hydrogens is 252 g/mol. The number of oxazole rings is 1. The molecule has 0 aliphatic heterocycles.